The molecular formula is C18H20ClN3OS. The Bertz CT molecular complexity index is 884. The fraction of sp³-hybridized carbons (Fsp3) is 0.333. The summed E-state index contributed by atoms with van der Waals surface area (Å²) in [5.41, 5.74) is 1.82. The number of hydrogen-bond acceptors (Lipinski definition) is 3. The van der Waals surface area contributed by atoms with Crippen LogP contribution in [0.3, 0.4) is 0 Å². The normalized spacial score (nSPS) is 11.2. The highest BCUT2D eigenvalue weighted by Gasteiger charge is 2.18. The van der Waals surface area contributed by atoms with Gasteiger partial charge >= 0.3 is 0 Å². The van der Waals surface area contributed by atoms with Gasteiger partial charge in [-0.2, -0.15) is 0 Å². The van der Waals surface area contributed by atoms with E-state index in [0.29, 0.717) is 11.6 Å². The number of amides is 1. The molecule has 1 aromatic carbocycles. The van der Waals surface area contributed by atoms with Gasteiger partial charge in [0.25, 0.3) is 5.91 Å². The molecule has 0 aliphatic heterocycles. The third kappa shape index (κ3) is 3.19. The zero-order valence-corrected chi connectivity index (χ0v) is 15.6. The Hall–Kier alpha value is -1.85. The van der Waals surface area contributed by atoms with Crippen molar-refractivity contribution in [2.24, 2.45) is 0 Å². The molecular weight excluding hydrogens is 342 g/mol. The second-order valence-corrected chi connectivity index (χ2v) is 7.55. The average Bonchev–Trinajstić information content (AvgIpc) is 3.12. The average molecular weight is 362 g/mol. The van der Waals surface area contributed by atoms with E-state index in [9.17, 15) is 4.79 Å². The van der Waals surface area contributed by atoms with E-state index in [-0.39, 0.29) is 5.91 Å². The minimum absolute atomic E-state index is 0.0225. The molecule has 0 spiro atoms. The molecule has 0 bridgehead atoms. The first-order valence-corrected chi connectivity index (χ1v) is 9.16. The summed E-state index contributed by atoms with van der Waals surface area (Å²) in [6, 6.07) is 9.59. The number of aromatic nitrogens is 2. The van der Waals surface area contributed by atoms with Gasteiger partial charge in [-0.25, -0.2) is 4.98 Å². The lowest BCUT2D eigenvalue weighted by atomic mass is 10.3. The Kier molecular flexibility index (Phi) is 4.92. The highest BCUT2D eigenvalue weighted by molar-refractivity contribution is 7.13. The lowest BCUT2D eigenvalue weighted by molar-refractivity contribution is 0.0785. The fourth-order valence-electron chi connectivity index (χ4n) is 2.80. The zero-order valence-electron chi connectivity index (χ0n) is 14.0. The van der Waals surface area contributed by atoms with E-state index in [1.807, 2.05) is 44.3 Å². The summed E-state index contributed by atoms with van der Waals surface area (Å²) in [6.45, 7) is 5.41. The van der Waals surface area contributed by atoms with Crippen LogP contribution in [0.2, 0.25) is 5.02 Å². The van der Waals surface area contributed by atoms with Gasteiger partial charge in [-0.3, -0.25) is 4.79 Å². The summed E-state index contributed by atoms with van der Waals surface area (Å²) in [7, 11) is 1.81. The van der Waals surface area contributed by atoms with E-state index in [0.717, 1.165) is 39.6 Å². The highest BCUT2D eigenvalue weighted by atomic mass is 35.5. The van der Waals surface area contributed by atoms with Crippen LogP contribution in [0.15, 0.2) is 30.3 Å². The second-order valence-electron chi connectivity index (χ2n) is 5.86. The van der Waals surface area contributed by atoms with Crippen LogP contribution in [0.5, 0.6) is 0 Å². The SMILES string of the molecule is CCCn1c(CN(C)C(=O)c2ccc(C)s2)nc2cccc(Cl)c21. The first kappa shape index (κ1) is 17.0. The Morgan fingerprint density at radius 1 is 1.33 bits per heavy atom. The van der Waals surface area contributed by atoms with Crippen molar-refractivity contribution in [1.82, 2.24) is 14.5 Å². The third-order valence-corrected chi connectivity index (χ3v) is 5.21. The molecule has 0 fully saturated rings. The van der Waals surface area contributed by atoms with Crippen molar-refractivity contribution in [3.63, 3.8) is 0 Å². The molecule has 2 aromatic heterocycles. The van der Waals surface area contributed by atoms with Crippen LogP contribution in [-0.2, 0) is 13.1 Å². The summed E-state index contributed by atoms with van der Waals surface area (Å²) >= 11 is 7.89. The molecule has 3 aromatic rings. The number of imidazole rings is 1. The number of para-hydroxylation sites is 1. The van der Waals surface area contributed by atoms with Crippen LogP contribution < -0.4 is 0 Å². The number of rotatable bonds is 5. The van der Waals surface area contributed by atoms with E-state index < -0.39 is 0 Å². The summed E-state index contributed by atoms with van der Waals surface area (Å²) in [5, 5.41) is 0.697. The van der Waals surface area contributed by atoms with Gasteiger partial charge in [0.1, 0.15) is 5.82 Å². The van der Waals surface area contributed by atoms with Crippen LogP contribution in [-0.4, -0.2) is 27.4 Å². The topological polar surface area (TPSA) is 38.1 Å². The summed E-state index contributed by atoms with van der Waals surface area (Å²) in [5.74, 6) is 0.887. The fourth-order valence-corrected chi connectivity index (χ4v) is 3.93. The quantitative estimate of drug-likeness (QED) is 0.658. The highest BCUT2D eigenvalue weighted by Crippen LogP contribution is 2.26. The number of thiophene rings is 1. The van der Waals surface area contributed by atoms with Gasteiger partial charge in [0, 0.05) is 18.5 Å². The van der Waals surface area contributed by atoms with Crippen molar-refractivity contribution in [2.75, 3.05) is 7.05 Å². The summed E-state index contributed by atoms with van der Waals surface area (Å²) in [6.07, 6.45) is 0.978. The van der Waals surface area contributed by atoms with Gasteiger partial charge in [-0.1, -0.05) is 24.6 Å². The molecule has 0 unspecified atom stereocenters. The first-order valence-electron chi connectivity index (χ1n) is 7.96. The van der Waals surface area contributed by atoms with Crippen LogP contribution in [0.25, 0.3) is 11.0 Å². The number of carbonyl (C=O) groups is 1. The number of hydrogen-bond donors (Lipinski definition) is 0. The number of fused-ring (bicyclic) bond motifs is 1. The van der Waals surface area contributed by atoms with Gasteiger partial charge in [0.15, 0.2) is 0 Å². The van der Waals surface area contributed by atoms with E-state index in [4.69, 9.17) is 16.6 Å². The Labute approximate surface area is 150 Å². The van der Waals surface area contributed by atoms with Gasteiger partial charge < -0.3 is 9.47 Å². The summed E-state index contributed by atoms with van der Waals surface area (Å²) in [4.78, 5) is 20.9. The number of aryl methyl sites for hydroxylation is 2. The lowest BCUT2D eigenvalue weighted by Crippen LogP contribution is -2.27. The van der Waals surface area contributed by atoms with Crippen molar-refractivity contribution in [1.29, 1.82) is 0 Å². The van der Waals surface area contributed by atoms with Crippen molar-refractivity contribution in [2.45, 2.75) is 33.4 Å². The van der Waals surface area contributed by atoms with Crippen molar-refractivity contribution < 1.29 is 4.79 Å². The molecule has 0 saturated heterocycles. The second kappa shape index (κ2) is 6.95. The molecule has 0 N–H and O–H groups in total. The maximum Gasteiger partial charge on any atom is 0.264 e. The Morgan fingerprint density at radius 3 is 2.79 bits per heavy atom. The maximum absolute atomic E-state index is 12.6. The lowest BCUT2D eigenvalue weighted by Gasteiger charge is -2.17. The molecule has 24 heavy (non-hydrogen) atoms. The zero-order chi connectivity index (χ0) is 17.3. The number of carbonyl (C=O) groups excluding carboxylic acids is 1. The molecule has 3 rings (SSSR count). The van der Waals surface area contributed by atoms with Crippen molar-refractivity contribution in [3.05, 3.63) is 50.9 Å². The van der Waals surface area contributed by atoms with Crippen LogP contribution >= 0.6 is 22.9 Å². The van der Waals surface area contributed by atoms with E-state index in [1.54, 1.807) is 4.90 Å². The van der Waals surface area contributed by atoms with Gasteiger partial charge in [0.05, 0.1) is 27.5 Å². The van der Waals surface area contributed by atoms with E-state index in [1.165, 1.54) is 11.3 Å². The molecule has 0 aliphatic rings. The van der Waals surface area contributed by atoms with Crippen LogP contribution in [0.1, 0.15) is 33.7 Å². The molecule has 0 atom stereocenters. The smallest absolute Gasteiger partial charge is 0.264 e. The molecule has 2 heterocycles. The van der Waals surface area contributed by atoms with Gasteiger partial charge in [0.2, 0.25) is 0 Å². The van der Waals surface area contributed by atoms with E-state index >= 15 is 0 Å². The number of benzene rings is 1. The predicted molar refractivity (Wildman–Crippen MR) is 99.9 cm³/mol. The minimum atomic E-state index is 0.0225. The molecule has 0 aliphatic carbocycles. The Morgan fingerprint density at radius 2 is 2.12 bits per heavy atom. The largest absolute Gasteiger partial charge is 0.334 e. The van der Waals surface area contributed by atoms with Crippen molar-refractivity contribution in [3.8, 4) is 0 Å². The third-order valence-electron chi connectivity index (χ3n) is 3.92. The van der Waals surface area contributed by atoms with Gasteiger partial charge in [-0.15, -0.1) is 11.3 Å². The summed E-state index contributed by atoms with van der Waals surface area (Å²) < 4.78 is 2.13. The predicted octanol–water partition coefficient (Wildman–Crippen LogP) is 4.74. The van der Waals surface area contributed by atoms with Crippen LogP contribution in [0.4, 0.5) is 0 Å². The molecule has 126 valence electrons. The van der Waals surface area contributed by atoms with Crippen LogP contribution in [0, 0.1) is 6.92 Å². The monoisotopic (exact) mass is 361 g/mol. The first-order chi connectivity index (χ1) is 11.5. The molecule has 0 radical (unpaired) electrons. The van der Waals surface area contributed by atoms with Crippen molar-refractivity contribution >= 4 is 39.9 Å². The van der Waals surface area contributed by atoms with E-state index in [2.05, 4.69) is 11.5 Å². The van der Waals surface area contributed by atoms with Gasteiger partial charge in [-0.05, 0) is 37.6 Å². The Balaban J connectivity index is 1.93. The maximum atomic E-state index is 12.6. The molecule has 6 heteroatoms. The molecule has 1 amide bonds. The standard InChI is InChI=1S/C18H20ClN3OS/c1-4-10-22-16(20-14-7-5-6-13(19)17(14)22)11-21(3)18(23)15-9-8-12(2)24-15/h5-9H,4,10-11H2,1-3H3. The molecule has 0 saturated carbocycles. The number of halogens is 1. The number of nitrogens with zero attached hydrogens (tertiary/aromatic N) is 3. The minimum Gasteiger partial charge on any atom is -0.334 e. The molecule has 4 nitrogen and oxygen atoms in total.